The van der Waals surface area contributed by atoms with Crippen molar-refractivity contribution in [3.05, 3.63) is 107 Å². The highest BCUT2D eigenvalue weighted by molar-refractivity contribution is 5.89. The van der Waals surface area contributed by atoms with Crippen LogP contribution in [0.1, 0.15) is 85.3 Å². The molecule has 0 bridgehead atoms. The molecule has 0 amide bonds. The Morgan fingerprint density at radius 2 is 1.10 bits per heavy atom. The molecule has 1 fully saturated rings. The summed E-state index contributed by atoms with van der Waals surface area (Å²) >= 11 is 0. The van der Waals surface area contributed by atoms with Crippen molar-refractivity contribution in [2.24, 2.45) is 0 Å². The van der Waals surface area contributed by atoms with Crippen LogP contribution in [0.25, 0.3) is 0 Å². The Balaban J connectivity index is 1.18. The maximum Gasteiger partial charge on any atom is 0.508 e. The monoisotopic (exact) mass is 720 g/mol. The van der Waals surface area contributed by atoms with Gasteiger partial charge in [0, 0.05) is 6.61 Å². The molecule has 10 nitrogen and oxygen atoms in total. The number of unbranched alkanes of at least 4 members (excludes halogenated alkanes) is 7. The maximum atomic E-state index is 12.8. The summed E-state index contributed by atoms with van der Waals surface area (Å²) in [6, 6.07) is 27.1. The average Bonchev–Trinajstić information content (AvgIpc) is 3.61. The van der Waals surface area contributed by atoms with E-state index in [9.17, 15) is 9.59 Å². The third-order valence-corrected chi connectivity index (χ3v) is 8.74. The van der Waals surface area contributed by atoms with E-state index in [4.69, 9.17) is 37.9 Å². The number of benzene rings is 3. The van der Waals surface area contributed by atoms with Crippen molar-refractivity contribution in [2.45, 2.75) is 70.0 Å². The van der Waals surface area contributed by atoms with Gasteiger partial charge in [0.2, 0.25) is 0 Å². The highest BCUT2D eigenvalue weighted by Gasteiger charge is 2.37. The number of rotatable bonds is 28. The zero-order valence-electron chi connectivity index (χ0n) is 30.7. The van der Waals surface area contributed by atoms with E-state index in [-0.39, 0.29) is 13.2 Å². The zero-order valence-corrected chi connectivity index (χ0v) is 30.7. The van der Waals surface area contributed by atoms with E-state index in [1.807, 2.05) is 72.8 Å². The molecule has 0 N–H and O–H groups in total. The molecule has 10 heteroatoms. The molecular formula is C42H56O10. The van der Waals surface area contributed by atoms with Crippen LogP contribution in [-0.4, -0.2) is 90.9 Å². The van der Waals surface area contributed by atoms with Crippen molar-refractivity contribution < 1.29 is 47.5 Å². The van der Waals surface area contributed by atoms with Crippen molar-refractivity contribution in [1.29, 1.82) is 0 Å². The lowest BCUT2D eigenvalue weighted by Crippen LogP contribution is -2.34. The van der Waals surface area contributed by atoms with E-state index < -0.39 is 23.8 Å². The second-order valence-electron chi connectivity index (χ2n) is 12.7. The third kappa shape index (κ3) is 14.0. The summed E-state index contributed by atoms with van der Waals surface area (Å²) in [6.45, 7) is 6.76. The Morgan fingerprint density at radius 1 is 0.615 bits per heavy atom. The molecular weight excluding hydrogens is 664 g/mol. The first-order chi connectivity index (χ1) is 25.6. The largest absolute Gasteiger partial charge is 0.508 e. The molecule has 1 saturated heterocycles. The maximum absolute atomic E-state index is 12.8. The summed E-state index contributed by atoms with van der Waals surface area (Å²) < 4.78 is 44.7. The number of esters is 1. The van der Waals surface area contributed by atoms with Gasteiger partial charge in [-0.25, -0.2) is 9.59 Å². The Hall–Kier alpha value is -3.80. The van der Waals surface area contributed by atoms with Crippen molar-refractivity contribution in [2.75, 3.05) is 72.7 Å². The number of carbonyl (C=O) groups is 2. The average molecular weight is 721 g/mol. The summed E-state index contributed by atoms with van der Waals surface area (Å²) in [6.07, 6.45) is 9.00. The van der Waals surface area contributed by atoms with Gasteiger partial charge >= 0.3 is 12.1 Å². The molecule has 0 aliphatic carbocycles. The molecule has 52 heavy (non-hydrogen) atoms. The molecule has 0 saturated carbocycles. The molecule has 1 unspecified atom stereocenters. The number of ether oxygens (including phenoxy) is 8. The van der Waals surface area contributed by atoms with Crippen LogP contribution in [0, 0.1) is 0 Å². The second kappa shape index (κ2) is 24.4. The van der Waals surface area contributed by atoms with Crippen LogP contribution < -0.4 is 0 Å². The van der Waals surface area contributed by atoms with E-state index in [0.717, 1.165) is 29.7 Å². The van der Waals surface area contributed by atoms with Gasteiger partial charge in [0.1, 0.15) is 18.8 Å². The van der Waals surface area contributed by atoms with Crippen LogP contribution in [0.4, 0.5) is 4.79 Å². The predicted molar refractivity (Wildman–Crippen MR) is 198 cm³/mol. The van der Waals surface area contributed by atoms with Crippen molar-refractivity contribution in [3.8, 4) is 0 Å². The smallest absolute Gasteiger partial charge is 0.458 e. The summed E-state index contributed by atoms with van der Waals surface area (Å²) in [4.78, 5) is 24.0. The molecule has 0 spiro atoms. The molecule has 3 aromatic carbocycles. The second-order valence-corrected chi connectivity index (χ2v) is 12.7. The number of hydrogen-bond donors (Lipinski definition) is 0. The van der Waals surface area contributed by atoms with Gasteiger partial charge in [0.05, 0.1) is 58.4 Å². The van der Waals surface area contributed by atoms with Crippen molar-refractivity contribution in [1.82, 2.24) is 0 Å². The van der Waals surface area contributed by atoms with E-state index in [1.165, 1.54) is 44.9 Å². The van der Waals surface area contributed by atoms with Gasteiger partial charge in [0.15, 0.2) is 6.10 Å². The number of carbonyl (C=O) groups excluding carboxylic acids is 2. The van der Waals surface area contributed by atoms with Gasteiger partial charge < -0.3 is 37.9 Å². The summed E-state index contributed by atoms with van der Waals surface area (Å²) in [7, 11) is 0. The number of hydrogen-bond acceptors (Lipinski definition) is 10. The van der Waals surface area contributed by atoms with E-state index in [1.54, 1.807) is 12.1 Å². The van der Waals surface area contributed by atoms with Crippen LogP contribution in [0.2, 0.25) is 0 Å². The van der Waals surface area contributed by atoms with E-state index >= 15 is 0 Å². The first-order valence-electron chi connectivity index (χ1n) is 18.8. The van der Waals surface area contributed by atoms with Crippen LogP contribution in [0.5, 0.6) is 0 Å². The van der Waals surface area contributed by atoms with Crippen LogP contribution in [-0.2, 0) is 43.5 Å². The van der Waals surface area contributed by atoms with Gasteiger partial charge in [-0.05, 0) is 35.2 Å². The van der Waals surface area contributed by atoms with Crippen LogP contribution >= 0.6 is 0 Å². The Morgan fingerprint density at radius 3 is 1.62 bits per heavy atom. The quantitative estimate of drug-likeness (QED) is 0.0418. The molecule has 4 rings (SSSR count). The minimum Gasteiger partial charge on any atom is -0.458 e. The van der Waals surface area contributed by atoms with E-state index in [2.05, 4.69) is 6.92 Å². The first kappa shape index (κ1) is 41.0. The topological polar surface area (TPSA) is 108 Å². The lowest BCUT2D eigenvalue weighted by Gasteiger charge is -2.36. The minimum atomic E-state index is -0.977. The summed E-state index contributed by atoms with van der Waals surface area (Å²) in [5.41, 5.74) is 2.08. The fraction of sp³-hybridized carbons (Fsp3) is 0.524. The van der Waals surface area contributed by atoms with Crippen LogP contribution in [0.3, 0.4) is 0 Å². The van der Waals surface area contributed by atoms with Gasteiger partial charge in [0.25, 0.3) is 0 Å². The lowest BCUT2D eigenvalue weighted by atomic mass is 9.80. The molecule has 0 radical (unpaired) electrons. The minimum absolute atomic E-state index is 0.0560. The van der Waals surface area contributed by atoms with Gasteiger partial charge in [-0.1, -0.05) is 125 Å². The molecule has 3 aromatic rings. The van der Waals surface area contributed by atoms with E-state index in [0.29, 0.717) is 58.4 Å². The zero-order chi connectivity index (χ0) is 36.5. The molecule has 1 aliphatic heterocycles. The molecule has 0 aromatic heterocycles. The SMILES string of the molecule is CCCCCCCCCCOCCOCCOCCOCCOC(c1ccccc1)(c1ccccc1)c1ccc(C(=O)OCC2COC(=O)O2)cc1. The summed E-state index contributed by atoms with van der Waals surface area (Å²) in [5, 5.41) is 0. The molecule has 1 aliphatic rings. The number of cyclic esters (lactones) is 2. The lowest BCUT2D eigenvalue weighted by molar-refractivity contribution is -0.0384. The normalized spacial score (nSPS) is 14.2. The molecule has 1 atom stereocenters. The highest BCUT2D eigenvalue weighted by Crippen LogP contribution is 2.40. The van der Waals surface area contributed by atoms with Crippen LogP contribution in [0.15, 0.2) is 84.9 Å². The Kier molecular flexibility index (Phi) is 19.3. The van der Waals surface area contributed by atoms with Crippen molar-refractivity contribution in [3.63, 3.8) is 0 Å². The fourth-order valence-electron chi connectivity index (χ4n) is 5.99. The fourth-order valence-corrected chi connectivity index (χ4v) is 5.99. The summed E-state index contributed by atoms with van der Waals surface area (Å²) in [5.74, 6) is -0.527. The first-order valence-corrected chi connectivity index (χ1v) is 18.8. The molecule has 1 heterocycles. The highest BCUT2D eigenvalue weighted by atomic mass is 16.8. The standard InChI is InChI=1S/C42H56O10/c1-2-3-4-5-6-7-8-15-24-45-25-26-46-27-28-47-29-30-48-31-32-51-42(36-16-11-9-12-17-36,37-18-13-10-14-19-37)38-22-20-35(21-23-38)40(43)49-33-39-34-50-41(44)52-39/h9-14,16-23,39H,2-8,15,24-34H2,1H3. The Labute approximate surface area is 309 Å². The predicted octanol–water partition coefficient (Wildman–Crippen LogP) is 7.89. The van der Waals surface area contributed by atoms with Crippen molar-refractivity contribution >= 4 is 12.1 Å². The van der Waals surface area contributed by atoms with Gasteiger partial charge in [-0.3, -0.25) is 0 Å². The Bertz CT molecular complexity index is 1340. The molecule has 284 valence electrons. The van der Waals surface area contributed by atoms with Gasteiger partial charge in [-0.15, -0.1) is 0 Å². The third-order valence-electron chi connectivity index (χ3n) is 8.74. The van der Waals surface area contributed by atoms with Gasteiger partial charge in [-0.2, -0.15) is 0 Å².